The van der Waals surface area contributed by atoms with Gasteiger partial charge in [-0.25, -0.2) is 4.39 Å². The molecule has 0 fully saturated rings. The molecule has 0 heterocycles. The minimum Gasteiger partial charge on any atom is -0.406 e. The Morgan fingerprint density at radius 1 is 0.952 bits per heavy atom. The number of carbonyl (C=O) groups is 1. The fourth-order valence-electron chi connectivity index (χ4n) is 1.54. The number of halogens is 4. The van der Waals surface area contributed by atoms with Crippen LogP contribution in [0.3, 0.4) is 0 Å². The van der Waals surface area contributed by atoms with Crippen molar-refractivity contribution in [2.75, 3.05) is 5.32 Å². The highest BCUT2D eigenvalue weighted by Crippen LogP contribution is 2.23. The van der Waals surface area contributed by atoms with E-state index in [1.165, 1.54) is 36.4 Å². The van der Waals surface area contributed by atoms with Gasteiger partial charge in [-0.15, -0.1) is 13.2 Å². The molecular weight excluding hydrogens is 290 g/mol. The Morgan fingerprint density at radius 3 is 2.05 bits per heavy atom. The van der Waals surface area contributed by atoms with Crippen LogP contribution in [-0.4, -0.2) is 12.3 Å². The number of anilines is 1. The largest absolute Gasteiger partial charge is 0.573 e. The third kappa shape index (κ3) is 4.48. The molecule has 0 saturated heterocycles. The van der Waals surface area contributed by atoms with Crippen molar-refractivity contribution in [2.45, 2.75) is 6.36 Å². The highest BCUT2D eigenvalue weighted by molar-refractivity contribution is 6.04. The van der Waals surface area contributed by atoms with Crippen molar-refractivity contribution in [3.8, 4) is 5.75 Å². The lowest BCUT2D eigenvalue weighted by molar-refractivity contribution is -0.274. The summed E-state index contributed by atoms with van der Waals surface area (Å²) in [5.41, 5.74) is 0.519. The maximum atomic E-state index is 12.7. The maximum Gasteiger partial charge on any atom is 0.573 e. The van der Waals surface area contributed by atoms with E-state index < -0.39 is 23.8 Å². The van der Waals surface area contributed by atoms with Crippen molar-refractivity contribution in [2.24, 2.45) is 0 Å². The fraction of sp³-hybridized carbons (Fsp3) is 0.0714. The standard InChI is InChI=1S/C14H9F4NO2/c15-10-3-5-11(6-4-10)19-13(20)9-1-7-12(8-2-9)21-14(16,17)18/h1-8H,(H,19,20). The van der Waals surface area contributed by atoms with E-state index in [1.54, 1.807) is 0 Å². The Labute approximate surface area is 117 Å². The predicted octanol–water partition coefficient (Wildman–Crippen LogP) is 3.98. The normalized spacial score (nSPS) is 11.0. The van der Waals surface area contributed by atoms with Gasteiger partial charge in [-0.05, 0) is 48.5 Å². The summed E-state index contributed by atoms with van der Waals surface area (Å²) < 4.78 is 52.4. The van der Waals surface area contributed by atoms with Gasteiger partial charge in [0.1, 0.15) is 11.6 Å². The molecule has 0 aliphatic carbocycles. The first-order valence-electron chi connectivity index (χ1n) is 5.76. The van der Waals surface area contributed by atoms with Gasteiger partial charge in [-0.3, -0.25) is 4.79 Å². The first-order valence-corrected chi connectivity index (χ1v) is 5.76. The molecule has 0 aliphatic heterocycles. The Hall–Kier alpha value is -2.57. The summed E-state index contributed by atoms with van der Waals surface area (Å²) in [6, 6.07) is 9.55. The van der Waals surface area contributed by atoms with E-state index in [-0.39, 0.29) is 5.56 Å². The average molecular weight is 299 g/mol. The second-order valence-electron chi connectivity index (χ2n) is 4.03. The third-order valence-electron chi connectivity index (χ3n) is 2.45. The van der Waals surface area contributed by atoms with Gasteiger partial charge in [0.25, 0.3) is 5.91 Å². The lowest BCUT2D eigenvalue weighted by atomic mass is 10.2. The number of amides is 1. The molecular formula is C14H9F4NO2. The number of benzene rings is 2. The molecule has 0 aliphatic rings. The zero-order valence-corrected chi connectivity index (χ0v) is 10.4. The highest BCUT2D eigenvalue weighted by atomic mass is 19.4. The van der Waals surface area contributed by atoms with Gasteiger partial charge in [-0.1, -0.05) is 0 Å². The Kier molecular flexibility index (Phi) is 4.11. The molecule has 3 nitrogen and oxygen atoms in total. The Bertz CT molecular complexity index is 621. The van der Waals surface area contributed by atoms with Crippen LogP contribution >= 0.6 is 0 Å². The van der Waals surface area contributed by atoms with E-state index in [0.717, 1.165) is 12.1 Å². The number of rotatable bonds is 3. The van der Waals surface area contributed by atoms with Crippen LogP contribution in [0.15, 0.2) is 48.5 Å². The van der Waals surface area contributed by atoms with E-state index in [1.807, 2.05) is 0 Å². The summed E-state index contributed by atoms with van der Waals surface area (Å²) in [7, 11) is 0. The second-order valence-corrected chi connectivity index (χ2v) is 4.03. The predicted molar refractivity (Wildman–Crippen MR) is 67.5 cm³/mol. The molecule has 1 amide bonds. The van der Waals surface area contributed by atoms with Crippen LogP contribution in [0.4, 0.5) is 23.2 Å². The summed E-state index contributed by atoms with van der Waals surface area (Å²) in [6.45, 7) is 0. The van der Waals surface area contributed by atoms with Gasteiger partial charge in [0.15, 0.2) is 0 Å². The van der Waals surface area contributed by atoms with E-state index >= 15 is 0 Å². The first-order chi connectivity index (χ1) is 9.83. The van der Waals surface area contributed by atoms with Crippen LogP contribution in [-0.2, 0) is 0 Å². The minimum atomic E-state index is -4.78. The molecule has 110 valence electrons. The van der Waals surface area contributed by atoms with Crippen molar-refractivity contribution >= 4 is 11.6 Å². The molecule has 0 unspecified atom stereocenters. The molecule has 2 aromatic rings. The molecule has 0 spiro atoms. The number of nitrogens with one attached hydrogen (secondary N) is 1. The van der Waals surface area contributed by atoms with E-state index in [4.69, 9.17) is 0 Å². The van der Waals surface area contributed by atoms with E-state index in [9.17, 15) is 22.4 Å². The second kappa shape index (κ2) is 5.82. The van der Waals surface area contributed by atoms with Crippen molar-refractivity contribution in [1.29, 1.82) is 0 Å². The maximum absolute atomic E-state index is 12.7. The van der Waals surface area contributed by atoms with E-state index in [2.05, 4.69) is 10.1 Å². The van der Waals surface area contributed by atoms with Crippen LogP contribution in [0, 0.1) is 5.82 Å². The summed E-state index contributed by atoms with van der Waals surface area (Å²) >= 11 is 0. The molecule has 2 aromatic carbocycles. The molecule has 1 N–H and O–H groups in total. The first kappa shape index (κ1) is 14.8. The summed E-state index contributed by atoms with van der Waals surface area (Å²) in [6.07, 6.45) is -4.78. The topological polar surface area (TPSA) is 38.3 Å². The molecule has 0 radical (unpaired) electrons. The summed E-state index contributed by atoms with van der Waals surface area (Å²) in [5, 5.41) is 2.48. The molecule has 0 saturated carbocycles. The zero-order chi connectivity index (χ0) is 15.5. The van der Waals surface area contributed by atoms with Gasteiger partial charge >= 0.3 is 6.36 Å². The Balaban J connectivity index is 2.04. The van der Waals surface area contributed by atoms with Gasteiger partial charge in [-0.2, -0.15) is 0 Å². The van der Waals surface area contributed by atoms with Gasteiger partial charge in [0.2, 0.25) is 0 Å². The lowest BCUT2D eigenvalue weighted by Gasteiger charge is -2.09. The SMILES string of the molecule is O=C(Nc1ccc(F)cc1)c1ccc(OC(F)(F)F)cc1. The molecule has 21 heavy (non-hydrogen) atoms. The number of hydrogen-bond donors (Lipinski definition) is 1. The fourth-order valence-corrected chi connectivity index (χ4v) is 1.54. The van der Waals surface area contributed by atoms with Crippen molar-refractivity contribution < 1.29 is 27.1 Å². The van der Waals surface area contributed by atoms with Crippen LogP contribution in [0.1, 0.15) is 10.4 Å². The van der Waals surface area contributed by atoms with Gasteiger partial charge in [0, 0.05) is 11.3 Å². The summed E-state index contributed by atoms with van der Waals surface area (Å²) in [4.78, 5) is 11.8. The van der Waals surface area contributed by atoms with Crippen molar-refractivity contribution in [3.63, 3.8) is 0 Å². The average Bonchev–Trinajstić information content (AvgIpc) is 2.40. The number of carbonyl (C=O) groups excluding carboxylic acids is 1. The number of alkyl halides is 3. The third-order valence-corrected chi connectivity index (χ3v) is 2.45. The molecule has 2 rings (SSSR count). The van der Waals surface area contributed by atoms with E-state index in [0.29, 0.717) is 5.69 Å². The van der Waals surface area contributed by atoms with Crippen LogP contribution in [0.2, 0.25) is 0 Å². The zero-order valence-electron chi connectivity index (χ0n) is 10.4. The lowest BCUT2D eigenvalue weighted by Crippen LogP contribution is -2.17. The molecule has 0 aromatic heterocycles. The monoisotopic (exact) mass is 299 g/mol. The summed E-state index contributed by atoms with van der Waals surface area (Å²) in [5.74, 6) is -1.39. The Morgan fingerprint density at radius 2 is 1.52 bits per heavy atom. The quantitative estimate of drug-likeness (QED) is 0.871. The van der Waals surface area contributed by atoms with Crippen LogP contribution in [0.25, 0.3) is 0 Å². The molecule has 7 heteroatoms. The van der Waals surface area contributed by atoms with Gasteiger partial charge < -0.3 is 10.1 Å². The number of ether oxygens (including phenoxy) is 1. The molecule has 0 atom stereocenters. The smallest absolute Gasteiger partial charge is 0.406 e. The minimum absolute atomic E-state index is 0.147. The number of hydrogen-bond acceptors (Lipinski definition) is 2. The molecule has 0 bridgehead atoms. The van der Waals surface area contributed by atoms with Crippen molar-refractivity contribution in [1.82, 2.24) is 0 Å². The highest BCUT2D eigenvalue weighted by Gasteiger charge is 2.31. The van der Waals surface area contributed by atoms with Crippen LogP contribution in [0.5, 0.6) is 5.75 Å². The van der Waals surface area contributed by atoms with Crippen LogP contribution < -0.4 is 10.1 Å². The van der Waals surface area contributed by atoms with Gasteiger partial charge in [0.05, 0.1) is 0 Å². The van der Waals surface area contributed by atoms with Crippen molar-refractivity contribution in [3.05, 3.63) is 59.9 Å².